The lowest BCUT2D eigenvalue weighted by Gasteiger charge is -2.20. The molecule has 202 valence electrons. The van der Waals surface area contributed by atoms with Gasteiger partial charge in [-0.15, -0.1) is 10.2 Å². The first-order valence-electron chi connectivity index (χ1n) is 13.3. The number of nitrogens with zero attached hydrogens (tertiary/aromatic N) is 3. The number of aromatic amines is 2. The van der Waals surface area contributed by atoms with E-state index in [1.165, 1.54) is 0 Å². The molecule has 0 saturated carbocycles. The van der Waals surface area contributed by atoms with Gasteiger partial charge >= 0.3 is 0 Å². The number of carbonyl (C=O) groups excluding carboxylic acids is 1. The lowest BCUT2D eigenvalue weighted by atomic mass is 10.0. The van der Waals surface area contributed by atoms with Gasteiger partial charge in [-0.3, -0.25) is 4.79 Å². The number of methoxy groups -OCH3 is 1. The number of amides is 1. The number of carbonyl (C=O) groups is 1. The second-order valence-electron chi connectivity index (χ2n) is 9.92. The molecule has 9 heteroatoms. The molecule has 6 rings (SSSR count). The van der Waals surface area contributed by atoms with Gasteiger partial charge in [-0.2, -0.15) is 0 Å². The molecule has 2 atom stereocenters. The Balaban J connectivity index is 1.37. The third kappa shape index (κ3) is 4.94. The molecule has 5 N–H and O–H groups in total. The molecule has 1 unspecified atom stereocenters. The standard InChI is InChI=1S/C31H31N7O2/c1-40-23-12-10-20(11-13-23)18-38-30(26(32)14-21-16-33-27-8-4-2-6-24(21)27)36-37-31(38)29(35-19-39)15-22-17-34-28-9-5-3-7-25(22)28/h2-13,16-17,19,26,29,33-34H,14-15,18,32H2,1H3,(H,35,39)/t26-,29?/m1/s1. The molecule has 0 aliphatic heterocycles. The average molecular weight is 534 g/mol. The molecule has 0 saturated heterocycles. The summed E-state index contributed by atoms with van der Waals surface area (Å²) in [5.74, 6) is 2.09. The largest absolute Gasteiger partial charge is 0.497 e. The second kappa shape index (κ2) is 11.1. The molecule has 3 aromatic carbocycles. The number of hydrogen-bond acceptors (Lipinski definition) is 5. The smallest absolute Gasteiger partial charge is 0.207 e. The number of para-hydroxylation sites is 2. The van der Waals surface area contributed by atoms with Crippen molar-refractivity contribution in [2.75, 3.05) is 7.11 Å². The van der Waals surface area contributed by atoms with Gasteiger partial charge in [-0.25, -0.2) is 0 Å². The number of rotatable bonds is 11. The molecule has 40 heavy (non-hydrogen) atoms. The summed E-state index contributed by atoms with van der Waals surface area (Å²) in [6, 6.07) is 23.4. The maximum Gasteiger partial charge on any atom is 0.207 e. The number of nitrogens with two attached hydrogens (primary N) is 1. The fourth-order valence-corrected chi connectivity index (χ4v) is 5.39. The Kier molecular flexibility index (Phi) is 7.03. The Labute approximate surface area is 231 Å². The number of benzene rings is 3. The highest BCUT2D eigenvalue weighted by Crippen LogP contribution is 2.28. The summed E-state index contributed by atoms with van der Waals surface area (Å²) in [6.45, 7) is 0.494. The molecular weight excluding hydrogens is 502 g/mol. The summed E-state index contributed by atoms with van der Waals surface area (Å²) < 4.78 is 7.38. The van der Waals surface area contributed by atoms with Crippen molar-refractivity contribution in [2.24, 2.45) is 5.73 Å². The summed E-state index contributed by atoms with van der Waals surface area (Å²) in [5.41, 5.74) is 12.2. The van der Waals surface area contributed by atoms with Crippen LogP contribution >= 0.6 is 0 Å². The van der Waals surface area contributed by atoms with Gasteiger partial charge < -0.3 is 30.3 Å². The molecule has 9 nitrogen and oxygen atoms in total. The van der Waals surface area contributed by atoms with E-state index in [1.54, 1.807) is 7.11 Å². The maximum absolute atomic E-state index is 11.8. The molecule has 0 aliphatic rings. The molecule has 0 aliphatic carbocycles. The maximum atomic E-state index is 11.8. The highest BCUT2D eigenvalue weighted by molar-refractivity contribution is 5.83. The van der Waals surface area contributed by atoms with Crippen molar-refractivity contribution in [1.82, 2.24) is 30.0 Å². The van der Waals surface area contributed by atoms with Gasteiger partial charge in [0.25, 0.3) is 0 Å². The summed E-state index contributed by atoms with van der Waals surface area (Å²) in [6.07, 6.45) is 5.83. The van der Waals surface area contributed by atoms with Crippen LogP contribution in [0.5, 0.6) is 5.75 Å². The molecule has 0 spiro atoms. The zero-order valence-corrected chi connectivity index (χ0v) is 22.2. The Bertz CT molecular complexity index is 1750. The first kappa shape index (κ1) is 25.4. The first-order chi connectivity index (χ1) is 19.6. The van der Waals surface area contributed by atoms with Crippen LogP contribution in [-0.4, -0.2) is 38.3 Å². The van der Waals surface area contributed by atoms with E-state index in [0.29, 0.717) is 31.0 Å². The zero-order valence-electron chi connectivity index (χ0n) is 22.2. The predicted molar refractivity (Wildman–Crippen MR) is 155 cm³/mol. The van der Waals surface area contributed by atoms with Crippen LogP contribution in [0.25, 0.3) is 21.8 Å². The Hall–Kier alpha value is -4.89. The number of hydrogen-bond donors (Lipinski definition) is 4. The van der Waals surface area contributed by atoms with Gasteiger partial charge in [-0.1, -0.05) is 48.5 Å². The first-order valence-corrected chi connectivity index (χ1v) is 13.3. The van der Waals surface area contributed by atoms with Crippen molar-refractivity contribution >= 4 is 28.2 Å². The molecule has 0 bridgehead atoms. The van der Waals surface area contributed by atoms with Crippen LogP contribution in [0.1, 0.15) is 40.4 Å². The van der Waals surface area contributed by atoms with E-state index in [0.717, 1.165) is 50.7 Å². The minimum atomic E-state index is -0.413. The van der Waals surface area contributed by atoms with Crippen molar-refractivity contribution in [3.8, 4) is 5.75 Å². The molecule has 0 radical (unpaired) electrons. The number of ether oxygens (including phenoxy) is 1. The minimum absolute atomic E-state index is 0.406. The molecular formula is C31H31N7O2. The Morgan fingerprint density at radius 3 is 2.10 bits per heavy atom. The average Bonchev–Trinajstić information content (AvgIpc) is 3.71. The van der Waals surface area contributed by atoms with E-state index in [9.17, 15) is 4.79 Å². The fourth-order valence-electron chi connectivity index (χ4n) is 5.39. The zero-order chi connectivity index (χ0) is 27.5. The lowest BCUT2D eigenvalue weighted by Crippen LogP contribution is -2.27. The van der Waals surface area contributed by atoms with Gasteiger partial charge in [0.15, 0.2) is 11.6 Å². The third-order valence-corrected chi connectivity index (χ3v) is 7.43. The third-order valence-electron chi connectivity index (χ3n) is 7.43. The van der Waals surface area contributed by atoms with Crippen LogP contribution in [0.3, 0.4) is 0 Å². The number of H-pyrrole nitrogens is 2. The van der Waals surface area contributed by atoms with Crippen LogP contribution in [0, 0.1) is 0 Å². The van der Waals surface area contributed by atoms with Gasteiger partial charge in [0.2, 0.25) is 6.41 Å². The molecule has 3 heterocycles. The van der Waals surface area contributed by atoms with Crippen LogP contribution in [-0.2, 0) is 24.2 Å². The predicted octanol–water partition coefficient (Wildman–Crippen LogP) is 4.57. The normalized spacial score (nSPS) is 12.9. The van der Waals surface area contributed by atoms with E-state index >= 15 is 0 Å². The van der Waals surface area contributed by atoms with Crippen LogP contribution in [0.15, 0.2) is 85.2 Å². The number of nitrogens with one attached hydrogen (secondary N) is 3. The number of fused-ring (bicyclic) bond motifs is 2. The summed E-state index contributed by atoms with van der Waals surface area (Å²) >= 11 is 0. The van der Waals surface area contributed by atoms with E-state index in [2.05, 4.69) is 43.7 Å². The van der Waals surface area contributed by atoms with Crippen LogP contribution < -0.4 is 15.8 Å². The van der Waals surface area contributed by atoms with Gasteiger partial charge in [-0.05, 0) is 47.4 Å². The highest BCUT2D eigenvalue weighted by Gasteiger charge is 2.26. The molecule has 1 amide bonds. The van der Waals surface area contributed by atoms with Crippen molar-refractivity contribution in [3.63, 3.8) is 0 Å². The summed E-state index contributed by atoms with van der Waals surface area (Å²) in [7, 11) is 1.65. The van der Waals surface area contributed by atoms with Gasteiger partial charge in [0.05, 0.1) is 25.7 Å². The molecule has 6 aromatic rings. The Morgan fingerprint density at radius 1 is 0.875 bits per heavy atom. The molecule has 3 aromatic heterocycles. The quantitative estimate of drug-likeness (QED) is 0.182. The van der Waals surface area contributed by atoms with Crippen LogP contribution in [0.2, 0.25) is 0 Å². The Morgan fingerprint density at radius 2 is 1.48 bits per heavy atom. The second-order valence-corrected chi connectivity index (χ2v) is 9.92. The summed E-state index contributed by atoms with van der Waals surface area (Å²) in [5, 5.41) is 14.4. The fraction of sp³-hybridized carbons (Fsp3) is 0.194. The topological polar surface area (TPSA) is 127 Å². The summed E-state index contributed by atoms with van der Waals surface area (Å²) in [4.78, 5) is 18.4. The highest BCUT2D eigenvalue weighted by atomic mass is 16.5. The van der Waals surface area contributed by atoms with Gasteiger partial charge in [0, 0.05) is 40.6 Å². The number of aromatic nitrogens is 5. The van der Waals surface area contributed by atoms with E-state index in [1.807, 2.05) is 71.6 Å². The van der Waals surface area contributed by atoms with Crippen molar-refractivity contribution < 1.29 is 9.53 Å². The minimum Gasteiger partial charge on any atom is -0.497 e. The van der Waals surface area contributed by atoms with E-state index in [-0.39, 0.29) is 0 Å². The lowest BCUT2D eigenvalue weighted by molar-refractivity contribution is -0.110. The van der Waals surface area contributed by atoms with Gasteiger partial charge in [0.1, 0.15) is 5.75 Å². The van der Waals surface area contributed by atoms with E-state index in [4.69, 9.17) is 10.5 Å². The van der Waals surface area contributed by atoms with Crippen molar-refractivity contribution in [2.45, 2.75) is 31.5 Å². The SMILES string of the molecule is COc1ccc(Cn2c(C(Cc3c[nH]c4ccccc34)NC=O)nnc2[C@H](N)Cc2c[nH]c3ccccc23)cc1. The van der Waals surface area contributed by atoms with Crippen molar-refractivity contribution in [3.05, 3.63) is 114 Å². The monoisotopic (exact) mass is 533 g/mol. The van der Waals surface area contributed by atoms with Crippen molar-refractivity contribution in [1.29, 1.82) is 0 Å². The van der Waals surface area contributed by atoms with E-state index < -0.39 is 12.1 Å². The van der Waals surface area contributed by atoms with Crippen LogP contribution in [0.4, 0.5) is 0 Å². The molecule has 0 fully saturated rings.